The van der Waals surface area contributed by atoms with Crippen LogP contribution in [0.2, 0.25) is 5.02 Å². The summed E-state index contributed by atoms with van der Waals surface area (Å²) in [6, 6.07) is 16.3. The molecule has 2 fully saturated rings. The van der Waals surface area contributed by atoms with Crippen molar-refractivity contribution in [3.8, 4) is 0 Å². The number of nitrogens with zero attached hydrogens (tertiary/aromatic N) is 2. The number of halogens is 1. The summed E-state index contributed by atoms with van der Waals surface area (Å²) in [6.07, 6.45) is 0.887. The van der Waals surface area contributed by atoms with Crippen LogP contribution in [0, 0.1) is 0 Å². The van der Waals surface area contributed by atoms with Crippen molar-refractivity contribution in [3.05, 3.63) is 64.7 Å². The topological polar surface area (TPSA) is 32.8 Å². The Morgan fingerprint density at radius 3 is 2.56 bits per heavy atom. The molecule has 5 rings (SSSR count). The zero-order chi connectivity index (χ0) is 18.4. The first-order valence-electron chi connectivity index (χ1n) is 9.67. The van der Waals surface area contributed by atoms with Gasteiger partial charge < -0.3 is 9.64 Å². The average Bonchev–Trinajstić information content (AvgIpc) is 3.41. The third kappa shape index (κ3) is 2.78. The van der Waals surface area contributed by atoms with Crippen LogP contribution in [0.15, 0.2) is 48.5 Å². The number of anilines is 1. The summed E-state index contributed by atoms with van der Waals surface area (Å²) in [5, 5.41) is 0.735. The molecule has 0 unspecified atom stereocenters. The minimum absolute atomic E-state index is 0.247. The third-order valence-electron chi connectivity index (χ3n) is 6.28. The molecule has 5 heteroatoms. The van der Waals surface area contributed by atoms with Gasteiger partial charge in [-0.1, -0.05) is 41.9 Å². The van der Waals surface area contributed by atoms with E-state index in [1.54, 1.807) is 0 Å². The molecule has 140 valence electrons. The lowest BCUT2D eigenvalue weighted by Gasteiger charge is -2.29. The summed E-state index contributed by atoms with van der Waals surface area (Å²) in [6.45, 7) is 5.10. The van der Waals surface area contributed by atoms with Crippen molar-refractivity contribution in [2.45, 2.75) is 17.8 Å². The maximum atomic E-state index is 13.5. The average molecular weight is 383 g/mol. The molecule has 2 heterocycles. The molecule has 0 bridgehead atoms. The number of amides is 1. The van der Waals surface area contributed by atoms with Gasteiger partial charge in [0.05, 0.1) is 18.6 Å². The molecule has 2 aromatic rings. The van der Waals surface area contributed by atoms with Gasteiger partial charge in [-0.05, 0) is 35.7 Å². The summed E-state index contributed by atoms with van der Waals surface area (Å²) < 4.78 is 5.43. The molecule has 1 aliphatic carbocycles. The number of benzene rings is 2. The Labute approximate surface area is 164 Å². The number of carbonyl (C=O) groups excluding carboxylic acids is 1. The molecule has 0 N–H and O–H groups in total. The first-order valence-corrected chi connectivity index (χ1v) is 10.0. The molecule has 3 aliphatic rings. The smallest absolute Gasteiger partial charge is 0.238 e. The zero-order valence-corrected chi connectivity index (χ0v) is 16.0. The molecular formula is C22H23ClN2O2. The van der Waals surface area contributed by atoms with Gasteiger partial charge >= 0.3 is 0 Å². The highest BCUT2D eigenvalue weighted by atomic mass is 35.5. The maximum absolute atomic E-state index is 13.5. The second kappa shape index (κ2) is 6.62. The van der Waals surface area contributed by atoms with E-state index >= 15 is 0 Å². The van der Waals surface area contributed by atoms with Gasteiger partial charge in [-0.25, -0.2) is 0 Å². The molecule has 2 aliphatic heterocycles. The Kier molecular flexibility index (Phi) is 4.23. The molecule has 1 saturated heterocycles. The van der Waals surface area contributed by atoms with E-state index in [0.717, 1.165) is 56.5 Å². The van der Waals surface area contributed by atoms with Crippen LogP contribution in [0.1, 0.15) is 23.5 Å². The lowest BCUT2D eigenvalue weighted by atomic mass is 9.92. The van der Waals surface area contributed by atoms with Crippen LogP contribution in [-0.2, 0) is 14.9 Å². The lowest BCUT2D eigenvalue weighted by molar-refractivity contribution is -0.120. The standard InChI is InChI=1S/C22H23ClN2O2/c23-17-7-5-16(6-8-17)19-15-22(19)18-3-1-2-4-20(18)25(21(22)26)10-9-24-11-13-27-14-12-24/h1-8,19H,9-15H2/t19-,22-/m1/s1. The summed E-state index contributed by atoms with van der Waals surface area (Å²) >= 11 is 6.05. The summed E-state index contributed by atoms with van der Waals surface area (Å²) in [5.74, 6) is 0.508. The van der Waals surface area contributed by atoms with Crippen molar-refractivity contribution in [3.63, 3.8) is 0 Å². The monoisotopic (exact) mass is 382 g/mol. The van der Waals surface area contributed by atoms with E-state index < -0.39 is 0 Å². The van der Waals surface area contributed by atoms with Crippen molar-refractivity contribution in [1.29, 1.82) is 0 Å². The number of rotatable bonds is 4. The van der Waals surface area contributed by atoms with Crippen LogP contribution in [-0.4, -0.2) is 50.2 Å². The van der Waals surface area contributed by atoms with E-state index in [-0.39, 0.29) is 17.2 Å². The Balaban J connectivity index is 1.41. The number of para-hydroxylation sites is 1. The minimum atomic E-state index is -0.380. The van der Waals surface area contributed by atoms with Crippen molar-refractivity contribution >= 4 is 23.2 Å². The van der Waals surface area contributed by atoms with Crippen LogP contribution in [0.4, 0.5) is 5.69 Å². The van der Waals surface area contributed by atoms with Crippen molar-refractivity contribution in [2.75, 3.05) is 44.3 Å². The molecule has 1 spiro atoms. The zero-order valence-electron chi connectivity index (χ0n) is 15.2. The van der Waals surface area contributed by atoms with E-state index in [2.05, 4.69) is 35.2 Å². The van der Waals surface area contributed by atoms with E-state index in [9.17, 15) is 4.79 Å². The predicted octanol–water partition coefficient (Wildman–Crippen LogP) is 3.44. The van der Waals surface area contributed by atoms with Gasteiger partial charge in [-0.2, -0.15) is 0 Å². The third-order valence-corrected chi connectivity index (χ3v) is 6.53. The highest BCUT2D eigenvalue weighted by molar-refractivity contribution is 6.30. The number of hydrogen-bond donors (Lipinski definition) is 0. The van der Waals surface area contributed by atoms with Crippen LogP contribution in [0.25, 0.3) is 0 Å². The fourth-order valence-electron chi connectivity index (χ4n) is 4.73. The quantitative estimate of drug-likeness (QED) is 0.812. The number of hydrogen-bond acceptors (Lipinski definition) is 3. The van der Waals surface area contributed by atoms with Gasteiger partial charge in [0.25, 0.3) is 0 Å². The van der Waals surface area contributed by atoms with Crippen molar-refractivity contribution < 1.29 is 9.53 Å². The van der Waals surface area contributed by atoms with E-state index in [1.807, 2.05) is 23.1 Å². The maximum Gasteiger partial charge on any atom is 0.238 e. The Morgan fingerprint density at radius 1 is 1.04 bits per heavy atom. The van der Waals surface area contributed by atoms with Crippen molar-refractivity contribution in [1.82, 2.24) is 4.90 Å². The lowest BCUT2D eigenvalue weighted by Crippen LogP contribution is -2.43. The predicted molar refractivity (Wildman–Crippen MR) is 107 cm³/mol. The molecular weight excluding hydrogens is 360 g/mol. The molecule has 1 saturated carbocycles. The molecule has 0 radical (unpaired) electrons. The Morgan fingerprint density at radius 2 is 1.78 bits per heavy atom. The first kappa shape index (κ1) is 17.2. The second-order valence-corrected chi connectivity index (χ2v) is 8.14. The van der Waals surface area contributed by atoms with E-state index in [4.69, 9.17) is 16.3 Å². The fourth-order valence-corrected chi connectivity index (χ4v) is 4.86. The van der Waals surface area contributed by atoms with Gasteiger partial charge in [0, 0.05) is 42.8 Å². The summed E-state index contributed by atoms with van der Waals surface area (Å²) in [4.78, 5) is 17.9. The molecule has 4 nitrogen and oxygen atoms in total. The number of morpholine rings is 1. The highest BCUT2D eigenvalue weighted by Crippen LogP contribution is 2.66. The molecule has 27 heavy (non-hydrogen) atoms. The first-order chi connectivity index (χ1) is 13.2. The normalized spacial score (nSPS) is 27.2. The Hall–Kier alpha value is -1.88. The SMILES string of the molecule is O=C1N(CCN2CCOCC2)c2ccccc2[C@@]12C[C@@H]2c1ccc(Cl)cc1. The largest absolute Gasteiger partial charge is 0.379 e. The van der Waals surface area contributed by atoms with E-state index in [0.29, 0.717) is 0 Å². The molecule has 2 atom stereocenters. The summed E-state index contributed by atoms with van der Waals surface area (Å²) in [7, 11) is 0. The van der Waals surface area contributed by atoms with Gasteiger partial charge in [0.15, 0.2) is 0 Å². The number of ether oxygens (including phenoxy) is 1. The fraction of sp³-hybridized carbons (Fsp3) is 0.409. The molecule has 0 aromatic heterocycles. The number of fused-ring (bicyclic) bond motifs is 2. The minimum Gasteiger partial charge on any atom is -0.379 e. The van der Waals surface area contributed by atoms with Crippen LogP contribution in [0.5, 0.6) is 0 Å². The Bertz CT molecular complexity index is 863. The van der Waals surface area contributed by atoms with E-state index in [1.165, 1.54) is 11.1 Å². The van der Waals surface area contributed by atoms with Crippen LogP contribution >= 0.6 is 11.6 Å². The number of carbonyl (C=O) groups is 1. The molecule has 2 aromatic carbocycles. The van der Waals surface area contributed by atoms with Crippen LogP contribution in [0.3, 0.4) is 0 Å². The second-order valence-electron chi connectivity index (χ2n) is 7.71. The van der Waals surface area contributed by atoms with Gasteiger partial charge in [0.2, 0.25) is 5.91 Å². The molecule has 1 amide bonds. The summed E-state index contributed by atoms with van der Waals surface area (Å²) in [5.41, 5.74) is 3.11. The van der Waals surface area contributed by atoms with Gasteiger partial charge in [-0.15, -0.1) is 0 Å². The van der Waals surface area contributed by atoms with Gasteiger partial charge in [0.1, 0.15) is 0 Å². The van der Waals surface area contributed by atoms with Crippen molar-refractivity contribution in [2.24, 2.45) is 0 Å². The highest BCUT2D eigenvalue weighted by Gasteiger charge is 2.66. The van der Waals surface area contributed by atoms with Crippen LogP contribution < -0.4 is 4.90 Å². The van der Waals surface area contributed by atoms with Gasteiger partial charge in [-0.3, -0.25) is 9.69 Å².